The van der Waals surface area contributed by atoms with Gasteiger partial charge in [0.15, 0.2) is 0 Å². The summed E-state index contributed by atoms with van der Waals surface area (Å²) in [5, 5.41) is 0. The average molecular weight is 425 g/mol. The standard InChI is InChI=1S/C33H28/c1-3-4-9-20-33(2,31-18-10-16-27-25-14-7-5-12-23(25)21-29(27)31)32-19-11-17-28-26-15-8-6-13-24(26)22-30(28)32/h1,5-8,10-19H,4,9,20-22H2,2H3. The maximum Gasteiger partial charge on any atom is 0.0181 e. The van der Waals surface area contributed by atoms with Crippen LogP contribution in [0.1, 0.15) is 59.6 Å². The molecule has 0 aliphatic heterocycles. The summed E-state index contributed by atoms with van der Waals surface area (Å²) < 4.78 is 0. The van der Waals surface area contributed by atoms with Crippen molar-refractivity contribution in [1.82, 2.24) is 0 Å². The maximum absolute atomic E-state index is 5.68. The Morgan fingerprint density at radius 2 is 1.15 bits per heavy atom. The second-order valence-corrected chi connectivity index (χ2v) is 9.72. The monoisotopic (exact) mass is 424 g/mol. The van der Waals surface area contributed by atoms with Crippen LogP contribution in [0.4, 0.5) is 0 Å². The first-order valence-electron chi connectivity index (χ1n) is 12.1. The lowest BCUT2D eigenvalue weighted by molar-refractivity contribution is 0.496. The van der Waals surface area contributed by atoms with Gasteiger partial charge in [-0.15, -0.1) is 12.3 Å². The molecular weight excluding hydrogens is 396 g/mol. The van der Waals surface area contributed by atoms with Crippen molar-refractivity contribution in [3.8, 4) is 34.6 Å². The van der Waals surface area contributed by atoms with Crippen molar-refractivity contribution in [3.63, 3.8) is 0 Å². The van der Waals surface area contributed by atoms with Crippen LogP contribution in [0.3, 0.4) is 0 Å². The molecule has 0 atom stereocenters. The maximum atomic E-state index is 5.68. The van der Waals surface area contributed by atoms with Gasteiger partial charge < -0.3 is 0 Å². The topological polar surface area (TPSA) is 0 Å². The summed E-state index contributed by atoms with van der Waals surface area (Å²) >= 11 is 0. The van der Waals surface area contributed by atoms with Gasteiger partial charge in [0.1, 0.15) is 0 Å². The van der Waals surface area contributed by atoms with Crippen LogP contribution in [-0.4, -0.2) is 0 Å². The molecule has 0 bridgehead atoms. The lowest BCUT2D eigenvalue weighted by atomic mass is 9.68. The van der Waals surface area contributed by atoms with Gasteiger partial charge in [-0.2, -0.15) is 0 Å². The molecule has 0 N–H and O–H groups in total. The Morgan fingerprint density at radius 3 is 1.67 bits per heavy atom. The molecule has 0 spiro atoms. The van der Waals surface area contributed by atoms with Gasteiger partial charge in [-0.05, 0) is 81.3 Å². The van der Waals surface area contributed by atoms with Crippen molar-refractivity contribution in [1.29, 1.82) is 0 Å². The first kappa shape index (κ1) is 20.1. The minimum Gasteiger partial charge on any atom is -0.120 e. The van der Waals surface area contributed by atoms with Crippen molar-refractivity contribution in [2.24, 2.45) is 0 Å². The molecule has 2 aliphatic carbocycles. The van der Waals surface area contributed by atoms with Gasteiger partial charge in [0.2, 0.25) is 0 Å². The van der Waals surface area contributed by atoms with Crippen molar-refractivity contribution >= 4 is 0 Å². The van der Waals surface area contributed by atoms with E-state index in [1.54, 1.807) is 0 Å². The molecule has 0 unspecified atom stereocenters. The summed E-state index contributed by atoms with van der Waals surface area (Å²) in [4.78, 5) is 0. The summed E-state index contributed by atoms with van der Waals surface area (Å²) in [6.45, 7) is 2.46. The third-order valence-corrected chi connectivity index (χ3v) is 7.89. The van der Waals surface area contributed by atoms with E-state index < -0.39 is 0 Å². The highest BCUT2D eigenvalue weighted by Crippen LogP contribution is 2.49. The molecule has 2 aliphatic rings. The highest BCUT2D eigenvalue weighted by Gasteiger charge is 2.37. The van der Waals surface area contributed by atoms with E-state index in [0.29, 0.717) is 0 Å². The molecule has 0 amide bonds. The van der Waals surface area contributed by atoms with E-state index in [0.717, 1.165) is 32.1 Å². The van der Waals surface area contributed by atoms with Crippen LogP contribution in [0.2, 0.25) is 0 Å². The second kappa shape index (κ2) is 7.79. The van der Waals surface area contributed by atoms with E-state index in [4.69, 9.17) is 6.42 Å². The fourth-order valence-corrected chi connectivity index (χ4v) is 6.31. The lowest BCUT2D eigenvalue weighted by Gasteiger charge is -2.35. The third-order valence-electron chi connectivity index (χ3n) is 7.89. The van der Waals surface area contributed by atoms with E-state index in [2.05, 4.69) is 97.8 Å². The fraction of sp³-hybridized carbons (Fsp3) is 0.212. The number of unbranched alkanes of at least 4 members (excludes halogenated alkanes) is 1. The van der Waals surface area contributed by atoms with Gasteiger partial charge in [-0.1, -0.05) is 91.9 Å². The smallest absolute Gasteiger partial charge is 0.0181 e. The van der Waals surface area contributed by atoms with E-state index >= 15 is 0 Å². The van der Waals surface area contributed by atoms with Crippen molar-refractivity contribution < 1.29 is 0 Å². The Hall–Kier alpha value is -3.56. The predicted molar refractivity (Wildman–Crippen MR) is 139 cm³/mol. The Kier molecular flexibility index (Phi) is 4.74. The molecule has 0 heteroatoms. The van der Waals surface area contributed by atoms with E-state index in [1.165, 1.54) is 55.6 Å². The minimum atomic E-state index is -0.0857. The van der Waals surface area contributed by atoms with E-state index in [9.17, 15) is 0 Å². The number of fused-ring (bicyclic) bond motifs is 6. The summed E-state index contributed by atoms with van der Waals surface area (Å²) in [6, 6.07) is 31.6. The summed E-state index contributed by atoms with van der Waals surface area (Å²) in [7, 11) is 0. The van der Waals surface area contributed by atoms with E-state index in [-0.39, 0.29) is 5.41 Å². The molecule has 33 heavy (non-hydrogen) atoms. The Morgan fingerprint density at radius 1 is 0.667 bits per heavy atom. The zero-order valence-electron chi connectivity index (χ0n) is 19.2. The van der Waals surface area contributed by atoms with Gasteiger partial charge >= 0.3 is 0 Å². The van der Waals surface area contributed by atoms with Crippen molar-refractivity contribution in [3.05, 3.63) is 118 Å². The molecule has 0 aromatic heterocycles. The number of terminal acetylenes is 1. The van der Waals surface area contributed by atoms with Crippen molar-refractivity contribution in [2.75, 3.05) is 0 Å². The zero-order valence-corrected chi connectivity index (χ0v) is 19.2. The van der Waals surface area contributed by atoms with Gasteiger partial charge in [-0.25, -0.2) is 0 Å². The van der Waals surface area contributed by atoms with Crippen LogP contribution < -0.4 is 0 Å². The molecule has 4 aromatic rings. The number of rotatable bonds is 5. The fourth-order valence-electron chi connectivity index (χ4n) is 6.31. The summed E-state index contributed by atoms with van der Waals surface area (Å²) in [5.74, 6) is 2.88. The van der Waals surface area contributed by atoms with Crippen molar-refractivity contribution in [2.45, 2.75) is 44.4 Å². The molecule has 0 nitrogen and oxygen atoms in total. The van der Waals surface area contributed by atoms with E-state index in [1.807, 2.05) is 0 Å². The SMILES string of the molecule is C#CCCCC(C)(c1cccc2c1Cc1ccccc1-2)c1cccc2c1Cc1ccccc1-2. The predicted octanol–water partition coefficient (Wildman–Crippen LogP) is 7.94. The van der Waals surface area contributed by atoms with Crippen LogP contribution in [0.15, 0.2) is 84.9 Å². The van der Waals surface area contributed by atoms with Gasteiger partial charge in [0.05, 0.1) is 0 Å². The van der Waals surface area contributed by atoms with Gasteiger partial charge in [-0.3, -0.25) is 0 Å². The minimum absolute atomic E-state index is 0.0857. The summed E-state index contributed by atoms with van der Waals surface area (Å²) in [6.07, 6.45) is 10.6. The number of benzene rings is 4. The average Bonchev–Trinajstić information content (AvgIpc) is 3.42. The van der Waals surface area contributed by atoms with Gasteiger partial charge in [0.25, 0.3) is 0 Å². The van der Waals surface area contributed by atoms with Crippen LogP contribution in [-0.2, 0) is 18.3 Å². The Balaban J connectivity index is 1.54. The normalized spacial score (nSPS) is 13.1. The van der Waals surface area contributed by atoms with Gasteiger partial charge in [0, 0.05) is 11.8 Å². The highest BCUT2D eigenvalue weighted by atomic mass is 14.4. The molecule has 0 fully saturated rings. The first-order chi connectivity index (χ1) is 16.2. The molecule has 0 saturated heterocycles. The molecule has 0 heterocycles. The lowest BCUT2D eigenvalue weighted by Crippen LogP contribution is -2.27. The molecular formula is C33H28. The second-order valence-electron chi connectivity index (χ2n) is 9.72. The zero-order chi connectivity index (χ0) is 22.4. The summed E-state index contributed by atoms with van der Waals surface area (Å²) in [5.41, 5.74) is 14.3. The first-order valence-corrected chi connectivity index (χ1v) is 12.1. The highest BCUT2D eigenvalue weighted by molar-refractivity contribution is 5.81. The third kappa shape index (κ3) is 3.07. The Labute approximate surface area is 197 Å². The largest absolute Gasteiger partial charge is 0.120 e. The molecule has 0 saturated carbocycles. The quantitative estimate of drug-likeness (QED) is 0.195. The van der Waals surface area contributed by atoms with Crippen LogP contribution in [0.25, 0.3) is 22.3 Å². The molecule has 6 rings (SSSR count). The molecule has 160 valence electrons. The Bertz CT molecular complexity index is 1320. The van der Waals surface area contributed by atoms with Crippen LogP contribution >= 0.6 is 0 Å². The number of hydrogen-bond acceptors (Lipinski definition) is 0. The number of hydrogen-bond donors (Lipinski definition) is 0. The van der Waals surface area contributed by atoms with Crippen LogP contribution in [0.5, 0.6) is 0 Å². The van der Waals surface area contributed by atoms with Crippen LogP contribution in [0, 0.1) is 12.3 Å². The molecule has 4 aromatic carbocycles. The molecule has 0 radical (unpaired) electrons.